The van der Waals surface area contributed by atoms with E-state index in [1.165, 1.54) is 25.3 Å². The molecule has 0 bridgehead atoms. The molecule has 3 N–H and O–H groups in total. The molecule has 0 aliphatic rings. The Morgan fingerprint density at radius 2 is 2.14 bits per heavy atom. The maximum atomic E-state index is 10.9. The van der Waals surface area contributed by atoms with Crippen LogP contribution in [0.3, 0.4) is 0 Å². The van der Waals surface area contributed by atoms with Crippen molar-refractivity contribution in [2.24, 2.45) is 5.73 Å². The summed E-state index contributed by atoms with van der Waals surface area (Å²) in [5.41, 5.74) is 5.96. The smallest absolute Gasteiger partial charge is 0.337 e. The fourth-order valence-corrected chi connectivity index (χ4v) is 0.924. The lowest BCUT2D eigenvalue weighted by Gasteiger charge is -2.06. The van der Waals surface area contributed by atoms with Crippen LogP contribution in [0.5, 0.6) is 0 Å². The summed E-state index contributed by atoms with van der Waals surface area (Å²) < 4.78 is 0. The molecule has 1 aromatic rings. The summed E-state index contributed by atoms with van der Waals surface area (Å²) in [5.74, 6) is -1.26. The monoisotopic (exact) mass is 194 g/mol. The van der Waals surface area contributed by atoms with Gasteiger partial charge in [0.1, 0.15) is 6.04 Å². The Hall–Kier alpha value is -1.75. The van der Waals surface area contributed by atoms with Crippen molar-refractivity contribution < 1.29 is 14.7 Å². The summed E-state index contributed by atoms with van der Waals surface area (Å²) in [6.07, 6.45) is 1.18. The maximum absolute atomic E-state index is 10.9. The van der Waals surface area contributed by atoms with Crippen molar-refractivity contribution in [2.75, 3.05) is 0 Å². The van der Waals surface area contributed by atoms with Crippen LogP contribution in [0.2, 0.25) is 0 Å². The van der Waals surface area contributed by atoms with E-state index in [4.69, 9.17) is 10.8 Å². The third kappa shape index (κ3) is 2.14. The highest BCUT2D eigenvalue weighted by Crippen LogP contribution is 2.08. The lowest BCUT2D eigenvalue weighted by atomic mass is 10.1. The van der Waals surface area contributed by atoms with E-state index in [1.807, 2.05) is 0 Å². The number of Topliss-reactive ketones (excluding diaryl/α,β-unsaturated/α-hetero) is 1. The van der Waals surface area contributed by atoms with Crippen LogP contribution < -0.4 is 5.73 Å². The Bertz CT molecular complexity index is 359. The van der Waals surface area contributed by atoms with E-state index in [2.05, 4.69) is 4.98 Å². The highest BCUT2D eigenvalue weighted by atomic mass is 16.4. The Morgan fingerprint density at radius 1 is 1.50 bits per heavy atom. The van der Waals surface area contributed by atoms with E-state index in [0.717, 1.165) is 0 Å². The molecule has 0 aromatic carbocycles. The van der Waals surface area contributed by atoms with Gasteiger partial charge in [-0.25, -0.2) is 4.79 Å². The Balaban J connectivity index is 2.94. The number of nitrogens with zero attached hydrogens (tertiary/aromatic N) is 1. The first kappa shape index (κ1) is 10.3. The van der Waals surface area contributed by atoms with E-state index in [0.29, 0.717) is 5.69 Å². The van der Waals surface area contributed by atoms with Gasteiger partial charge in [0.15, 0.2) is 5.78 Å². The van der Waals surface area contributed by atoms with Crippen molar-refractivity contribution in [2.45, 2.75) is 13.0 Å². The van der Waals surface area contributed by atoms with Crippen LogP contribution in [0.4, 0.5) is 0 Å². The van der Waals surface area contributed by atoms with Gasteiger partial charge in [0.2, 0.25) is 0 Å². The quantitative estimate of drug-likeness (QED) is 0.725. The van der Waals surface area contributed by atoms with E-state index in [1.54, 1.807) is 0 Å². The van der Waals surface area contributed by atoms with Gasteiger partial charge in [-0.05, 0) is 19.1 Å². The van der Waals surface area contributed by atoms with Crippen LogP contribution in [0.15, 0.2) is 18.3 Å². The van der Waals surface area contributed by atoms with Crippen LogP contribution in [-0.4, -0.2) is 21.8 Å². The number of aromatic nitrogens is 1. The third-order valence-corrected chi connectivity index (χ3v) is 1.79. The average molecular weight is 194 g/mol. The molecular formula is C9H10N2O3. The van der Waals surface area contributed by atoms with Gasteiger partial charge in [-0.3, -0.25) is 9.78 Å². The van der Waals surface area contributed by atoms with Crippen LogP contribution >= 0.6 is 0 Å². The number of nitrogens with two attached hydrogens (primary N) is 1. The zero-order valence-corrected chi connectivity index (χ0v) is 7.60. The predicted molar refractivity (Wildman–Crippen MR) is 48.8 cm³/mol. The normalized spacial score (nSPS) is 12.1. The molecule has 1 unspecified atom stereocenters. The number of ketones is 1. The van der Waals surface area contributed by atoms with E-state index in [9.17, 15) is 9.59 Å². The fraction of sp³-hybridized carbons (Fsp3) is 0.222. The number of hydrogen-bond donors (Lipinski definition) is 2. The number of carbonyl (C=O) groups is 2. The van der Waals surface area contributed by atoms with E-state index >= 15 is 0 Å². The molecule has 1 heterocycles. The number of carboxylic acid groups (broad SMARTS) is 1. The molecular weight excluding hydrogens is 184 g/mol. The zero-order valence-electron chi connectivity index (χ0n) is 7.60. The topological polar surface area (TPSA) is 93.3 Å². The first-order chi connectivity index (χ1) is 6.52. The first-order valence-corrected chi connectivity index (χ1v) is 3.97. The van der Waals surface area contributed by atoms with E-state index < -0.39 is 12.0 Å². The van der Waals surface area contributed by atoms with Crippen molar-refractivity contribution in [1.29, 1.82) is 0 Å². The molecule has 0 aliphatic carbocycles. The molecule has 0 aliphatic heterocycles. The second-order valence-electron chi connectivity index (χ2n) is 2.87. The SMILES string of the molecule is CC(=O)C(N)c1ccc(C(=O)O)cn1. The number of carbonyl (C=O) groups excluding carboxylic acids is 1. The maximum Gasteiger partial charge on any atom is 0.337 e. The summed E-state index contributed by atoms with van der Waals surface area (Å²) in [7, 11) is 0. The molecule has 5 heteroatoms. The predicted octanol–water partition coefficient (Wildman–Crippen LogP) is 0.369. The zero-order chi connectivity index (χ0) is 10.7. The second-order valence-corrected chi connectivity index (χ2v) is 2.87. The summed E-state index contributed by atoms with van der Waals surface area (Å²) >= 11 is 0. The van der Waals surface area contributed by atoms with Crippen LogP contribution in [0.1, 0.15) is 29.0 Å². The molecule has 0 radical (unpaired) electrons. The van der Waals surface area contributed by atoms with Gasteiger partial charge >= 0.3 is 5.97 Å². The van der Waals surface area contributed by atoms with Gasteiger partial charge in [0.05, 0.1) is 11.3 Å². The molecule has 0 saturated heterocycles. The summed E-state index contributed by atoms with van der Waals surface area (Å²) in [6, 6.07) is 2.03. The minimum Gasteiger partial charge on any atom is -0.478 e. The summed E-state index contributed by atoms with van der Waals surface area (Å²) in [4.78, 5) is 25.2. The molecule has 0 amide bonds. The molecule has 1 aromatic heterocycles. The Kier molecular flexibility index (Phi) is 2.93. The first-order valence-electron chi connectivity index (χ1n) is 3.97. The largest absolute Gasteiger partial charge is 0.478 e. The molecule has 0 spiro atoms. The van der Waals surface area contributed by atoms with Gasteiger partial charge in [0, 0.05) is 6.20 Å². The number of pyridine rings is 1. The van der Waals surface area contributed by atoms with Gasteiger partial charge < -0.3 is 10.8 Å². The summed E-state index contributed by atoms with van der Waals surface area (Å²) in [5, 5.41) is 8.59. The highest BCUT2D eigenvalue weighted by molar-refractivity contribution is 5.87. The third-order valence-electron chi connectivity index (χ3n) is 1.79. The van der Waals surface area contributed by atoms with Gasteiger partial charge in [-0.2, -0.15) is 0 Å². The van der Waals surface area contributed by atoms with Crippen molar-refractivity contribution in [3.05, 3.63) is 29.6 Å². The molecule has 5 nitrogen and oxygen atoms in total. The molecule has 14 heavy (non-hydrogen) atoms. The molecule has 1 atom stereocenters. The molecule has 0 fully saturated rings. The lowest BCUT2D eigenvalue weighted by Crippen LogP contribution is -2.19. The van der Waals surface area contributed by atoms with Gasteiger partial charge in [-0.15, -0.1) is 0 Å². The lowest BCUT2D eigenvalue weighted by molar-refractivity contribution is -0.118. The Morgan fingerprint density at radius 3 is 2.50 bits per heavy atom. The highest BCUT2D eigenvalue weighted by Gasteiger charge is 2.12. The standard InChI is InChI=1S/C9H10N2O3/c1-5(12)8(10)7-3-2-6(4-11-7)9(13)14/h2-4,8H,10H2,1H3,(H,13,14). The van der Waals surface area contributed by atoms with Gasteiger partial charge in [-0.1, -0.05) is 0 Å². The second kappa shape index (κ2) is 3.97. The van der Waals surface area contributed by atoms with E-state index in [-0.39, 0.29) is 11.3 Å². The van der Waals surface area contributed by atoms with Crippen molar-refractivity contribution in [1.82, 2.24) is 4.98 Å². The van der Waals surface area contributed by atoms with Crippen LogP contribution in [0.25, 0.3) is 0 Å². The minimum absolute atomic E-state index is 0.0736. The molecule has 1 rings (SSSR count). The van der Waals surface area contributed by atoms with Crippen LogP contribution in [0, 0.1) is 0 Å². The number of rotatable bonds is 3. The van der Waals surface area contributed by atoms with Crippen molar-refractivity contribution in [3.8, 4) is 0 Å². The van der Waals surface area contributed by atoms with Gasteiger partial charge in [0.25, 0.3) is 0 Å². The fourth-order valence-electron chi connectivity index (χ4n) is 0.924. The van der Waals surface area contributed by atoms with Crippen molar-refractivity contribution in [3.63, 3.8) is 0 Å². The minimum atomic E-state index is -1.06. The number of hydrogen-bond acceptors (Lipinski definition) is 4. The Labute approximate surface area is 80.6 Å². The van der Waals surface area contributed by atoms with Crippen LogP contribution in [-0.2, 0) is 4.79 Å². The molecule has 0 saturated carbocycles. The molecule has 74 valence electrons. The number of aromatic carboxylic acids is 1. The average Bonchev–Trinajstić information content (AvgIpc) is 2.16. The number of carboxylic acids is 1. The summed E-state index contributed by atoms with van der Waals surface area (Å²) in [6.45, 7) is 1.36. The van der Waals surface area contributed by atoms with Crippen molar-refractivity contribution >= 4 is 11.8 Å².